The van der Waals surface area contributed by atoms with Gasteiger partial charge in [0.25, 0.3) is 5.91 Å². The van der Waals surface area contributed by atoms with E-state index >= 15 is 0 Å². The number of carbonyl (C=O) groups is 2. The van der Waals surface area contributed by atoms with Gasteiger partial charge in [-0.05, 0) is 25.1 Å². The van der Waals surface area contributed by atoms with Gasteiger partial charge >= 0.3 is 5.97 Å². The van der Waals surface area contributed by atoms with Crippen LogP contribution in [0.4, 0.5) is 11.4 Å². The fourth-order valence-corrected chi connectivity index (χ4v) is 2.56. The minimum atomic E-state index is -1.07. The first-order valence-corrected chi connectivity index (χ1v) is 8.31. The third-order valence-electron chi connectivity index (χ3n) is 3.83. The van der Waals surface area contributed by atoms with E-state index in [1.54, 1.807) is 18.2 Å². The Kier molecular flexibility index (Phi) is 5.27. The van der Waals surface area contributed by atoms with Crippen LogP contribution in [0.25, 0.3) is 0 Å². The number of amides is 1. The summed E-state index contributed by atoms with van der Waals surface area (Å²) in [6.45, 7) is 1.58. The van der Waals surface area contributed by atoms with E-state index in [4.69, 9.17) is 36.3 Å². The molecule has 0 saturated heterocycles. The summed E-state index contributed by atoms with van der Waals surface area (Å²) >= 11 is 5.95. The lowest BCUT2D eigenvalue weighted by Crippen LogP contribution is -2.30. The van der Waals surface area contributed by atoms with Gasteiger partial charge in [-0.15, -0.1) is 0 Å². The molecule has 0 aliphatic carbocycles. The number of rotatable bonds is 5. The molecule has 0 fully saturated rings. The Morgan fingerprint density at radius 2 is 1.96 bits per heavy atom. The van der Waals surface area contributed by atoms with Gasteiger partial charge in [0, 0.05) is 17.8 Å². The summed E-state index contributed by atoms with van der Waals surface area (Å²) in [5.74, 6) is 0.0496. The Hall–Kier alpha value is -3.13. The number of hydrogen-bond donors (Lipinski definition) is 2. The Balaban J connectivity index is 1.67. The molecule has 0 unspecified atom stereocenters. The lowest BCUT2D eigenvalue weighted by molar-refractivity contribution is -0.123. The number of nitrogens with one attached hydrogen (secondary N) is 1. The normalized spacial score (nSPS) is 13.0. The SMILES string of the molecule is COc1cc(N)c(Cl)cc1C(=O)O[C@@H](C)C(=O)Nc1ccc2c(c1)OCO2. The van der Waals surface area contributed by atoms with E-state index < -0.39 is 18.0 Å². The van der Waals surface area contributed by atoms with Crippen molar-refractivity contribution in [3.63, 3.8) is 0 Å². The monoisotopic (exact) mass is 392 g/mol. The third-order valence-corrected chi connectivity index (χ3v) is 4.16. The van der Waals surface area contributed by atoms with Crippen molar-refractivity contribution in [2.75, 3.05) is 25.0 Å². The van der Waals surface area contributed by atoms with Crippen molar-refractivity contribution in [3.05, 3.63) is 40.9 Å². The zero-order valence-corrected chi connectivity index (χ0v) is 15.3. The highest BCUT2D eigenvalue weighted by atomic mass is 35.5. The Morgan fingerprint density at radius 3 is 2.70 bits per heavy atom. The van der Waals surface area contributed by atoms with Crippen molar-refractivity contribution >= 4 is 34.9 Å². The van der Waals surface area contributed by atoms with Gasteiger partial charge in [0.15, 0.2) is 17.6 Å². The van der Waals surface area contributed by atoms with Crippen LogP contribution in [0.1, 0.15) is 17.3 Å². The van der Waals surface area contributed by atoms with E-state index in [2.05, 4.69) is 5.32 Å². The van der Waals surface area contributed by atoms with Crippen molar-refractivity contribution in [1.29, 1.82) is 0 Å². The number of carbonyl (C=O) groups excluding carboxylic acids is 2. The van der Waals surface area contributed by atoms with Crippen LogP contribution in [0.5, 0.6) is 17.2 Å². The molecule has 0 radical (unpaired) electrons. The van der Waals surface area contributed by atoms with Gasteiger partial charge in [0.2, 0.25) is 6.79 Å². The molecule has 1 aliphatic rings. The number of esters is 1. The number of nitrogen functional groups attached to an aromatic ring is 1. The molecule has 1 amide bonds. The van der Waals surface area contributed by atoms with Crippen molar-refractivity contribution in [1.82, 2.24) is 0 Å². The van der Waals surface area contributed by atoms with Crippen molar-refractivity contribution in [2.24, 2.45) is 0 Å². The zero-order valence-electron chi connectivity index (χ0n) is 14.6. The molecule has 0 aromatic heterocycles. The van der Waals surface area contributed by atoms with Gasteiger partial charge < -0.3 is 30.0 Å². The summed E-state index contributed by atoms with van der Waals surface area (Å²) in [5.41, 5.74) is 6.51. The molecule has 3 N–H and O–H groups in total. The molecule has 8 nitrogen and oxygen atoms in total. The van der Waals surface area contributed by atoms with E-state index in [1.165, 1.54) is 26.2 Å². The molecule has 2 aromatic carbocycles. The van der Waals surface area contributed by atoms with Crippen LogP contribution in [0.3, 0.4) is 0 Å². The first-order valence-electron chi connectivity index (χ1n) is 7.93. The number of benzene rings is 2. The molecule has 9 heteroatoms. The molecular weight excluding hydrogens is 376 g/mol. The molecular formula is C18H17ClN2O6. The molecule has 0 spiro atoms. The topological polar surface area (TPSA) is 109 Å². The van der Waals surface area contributed by atoms with Crippen molar-refractivity contribution in [3.8, 4) is 17.2 Å². The predicted molar refractivity (Wildman–Crippen MR) is 98.5 cm³/mol. The molecule has 2 aromatic rings. The smallest absolute Gasteiger partial charge is 0.342 e. The maximum Gasteiger partial charge on any atom is 0.342 e. The third kappa shape index (κ3) is 4.01. The first kappa shape index (κ1) is 18.7. The highest BCUT2D eigenvalue weighted by Crippen LogP contribution is 2.34. The maximum atomic E-state index is 12.4. The molecule has 1 heterocycles. The number of hydrogen-bond acceptors (Lipinski definition) is 7. The number of ether oxygens (including phenoxy) is 4. The number of anilines is 2. The van der Waals surface area contributed by atoms with Gasteiger partial charge in [-0.25, -0.2) is 4.79 Å². The van der Waals surface area contributed by atoms with E-state index in [0.29, 0.717) is 17.2 Å². The summed E-state index contributed by atoms with van der Waals surface area (Å²) in [6.07, 6.45) is -1.07. The van der Waals surface area contributed by atoms with Gasteiger partial charge in [-0.2, -0.15) is 0 Å². The van der Waals surface area contributed by atoms with Gasteiger partial charge in [0.1, 0.15) is 11.3 Å². The Morgan fingerprint density at radius 1 is 1.22 bits per heavy atom. The molecule has 142 valence electrons. The minimum Gasteiger partial charge on any atom is -0.496 e. The van der Waals surface area contributed by atoms with Crippen LogP contribution < -0.4 is 25.3 Å². The van der Waals surface area contributed by atoms with E-state index in [9.17, 15) is 9.59 Å². The summed E-state index contributed by atoms with van der Waals surface area (Å²) in [5, 5.41) is 2.83. The average Bonchev–Trinajstić information content (AvgIpc) is 3.11. The largest absolute Gasteiger partial charge is 0.496 e. The van der Waals surface area contributed by atoms with Crippen molar-refractivity contribution < 1.29 is 28.5 Å². The lowest BCUT2D eigenvalue weighted by atomic mass is 10.2. The average molecular weight is 393 g/mol. The van der Waals surface area contributed by atoms with E-state index in [0.717, 1.165) is 0 Å². The maximum absolute atomic E-state index is 12.4. The quantitative estimate of drug-likeness (QED) is 0.594. The second kappa shape index (κ2) is 7.63. The second-order valence-electron chi connectivity index (χ2n) is 5.68. The van der Waals surface area contributed by atoms with Crippen LogP contribution in [0.15, 0.2) is 30.3 Å². The van der Waals surface area contributed by atoms with Crippen LogP contribution in [0.2, 0.25) is 5.02 Å². The van der Waals surface area contributed by atoms with Crippen LogP contribution >= 0.6 is 11.6 Å². The fraction of sp³-hybridized carbons (Fsp3) is 0.222. The van der Waals surface area contributed by atoms with Crippen LogP contribution in [-0.2, 0) is 9.53 Å². The number of halogens is 1. The second-order valence-corrected chi connectivity index (χ2v) is 6.09. The number of nitrogens with two attached hydrogens (primary N) is 1. The fourth-order valence-electron chi connectivity index (χ4n) is 2.39. The Bertz CT molecular complexity index is 902. The molecule has 0 bridgehead atoms. The van der Waals surface area contributed by atoms with Gasteiger partial charge in [0.05, 0.1) is 17.8 Å². The highest BCUT2D eigenvalue weighted by molar-refractivity contribution is 6.33. The standard InChI is InChI=1S/C18H17ClN2O6/c1-9(17(22)21-10-3-4-14-16(5-10)26-8-25-14)27-18(23)11-6-12(19)13(20)7-15(11)24-2/h3-7,9H,8,20H2,1-2H3,(H,21,22)/t9-/m0/s1. The number of fused-ring (bicyclic) bond motifs is 1. The summed E-state index contributed by atoms with van der Waals surface area (Å²) in [7, 11) is 1.38. The molecule has 1 atom stereocenters. The Labute approximate surface area is 160 Å². The van der Waals surface area contributed by atoms with E-state index in [-0.39, 0.29) is 28.8 Å². The molecule has 1 aliphatic heterocycles. The minimum absolute atomic E-state index is 0.0689. The zero-order chi connectivity index (χ0) is 19.6. The van der Waals surface area contributed by atoms with Gasteiger partial charge in [-0.3, -0.25) is 4.79 Å². The van der Waals surface area contributed by atoms with Crippen LogP contribution in [-0.4, -0.2) is 31.9 Å². The van der Waals surface area contributed by atoms with Gasteiger partial charge in [-0.1, -0.05) is 11.6 Å². The van der Waals surface area contributed by atoms with Crippen molar-refractivity contribution in [2.45, 2.75) is 13.0 Å². The highest BCUT2D eigenvalue weighted by Gasteiger charge is 2.23. The number of methoxy groups -OCH3 is 1. The molecule has 27 heavy (non-hydrogen) atoms. The van der Waals surface area contributed by atoms with Crippen LogP contribution in [0, 0.1) is 0 Å². The summed E-state index contributed by atoms with van der Waals surface area (Å²) in [6, 6.07) is 7.70. The summed E-state index contributed by atoms with van der Waals surface area (Å²) < 4.78 is 20.8. The molecule has 3 rings (SSSR count). The summed E-state index contributed by atoms with van der Waals surface area (Å²) in [4.78, 5) is 24.7. The molecule has 0 saturated carbocycles. The first-order chi connectivity index (χ1) is 12.9. The lowest BCUT2D eigenvalue weighted by Gasteiger charge is -2.15. The predicted octanol–water partition coefficient (Wildman–Crippen LogP) is 2.84. The van der Waals surface area contributed by atoms with E-state index in [1.807, 2.05) is 0 Å².